The minimum atomic E-state index is -2.84. The highest BCUT2D eigenvalue weighted by Crippen LogP contribution is 2.48. The van der Waals surface area contributed by atoms with E-state index in [4.69, 9.17) is 81.8 Å². The third-order valence-corrected chi connectivity index (χ3v) is 18.2. The number of esters is 4. The van der Waals surface area contributed by atoms with E-state index in [2.05, 4.69) is 65.8 Å². The topological polar surface area (TPSA) is 447 Å². The first-order valence-electron chi connectivity index (χ1n) is 35.6. The lowest BCUT2D eigenvalue weighted by atomic mass is 9.97. The molecule has 5 aromatic rings. The molecule has 4 aliphatic heterocycles. The van der Waals surface area contributed by atoms with Gasteiger partial charge in [0, 0.05) is 129 Å². The van der Waals surface area contributed by atoms with Crippen molar-refractivity contribution in [1.82, 2.24) is 70.7 Å². The van der Waals surface area contributed by atoms with Crippen LogP contribution < -0.4 is 16.0 Å². The first kappa shape index (κ1) is 105. The summed E-state index contributed by atoms with van der Waals surface area (Å²) in [6.07, 6.45) is 31.5. The third-order valence-electron chi connectivity index (χ3n) is 13.9. The zero-order chi connectivity index (χ0) is 87.3. The number of aromatic nitrogens is 10. The van der Waals surface area contributed by atoms with Gasteiger partial charge >= 0.3 is 29.8 Å². The molecule has 0 aliphatic carbocycles. The molecule has 5 aromatic heterocycles. The van der Waals surface area contributed by atoms with Crippen LogP contribution in [0.1, 0.15) is 176 Å². The highest BCUT2D eigenvalue weighted by molar-refractivity contribution is 7.59. The summed E-state index contributed by atoms with van der Waals surface area (Å²) < 4.78 is 29.9. The molecule has 0 spiro atoms. The highest BCUT2D eigenvalue weighted by atomic mass is 35.5. The van der Waals surface area contributed by atoms with Gasteiger partial charge in [0.15, 0.2) is 39.7 Å². The molecule has 0 aromatic carbocycles. The lowest BCUT2D eigenvalue weighted by molar-refractivity contribution is -0.163. The lowest BCUT2D eigenvalue weighted by Crippen LogP contribution is -2.43. The van der Waals surface area contributed by atoms with Gasteiger partial charge in [-0.3, -0.25) is 52.6 Å². The number of hydrogen-bond donors (Lipinski definition) is 4. The van der Waals surface area contributed by atoms with E-state index < -0.39 is 52.6 Å². The number of aldehydes is 1. The van der Waals surface area contributed by atoms with Gasteiger partial charge in [-0.05, 0) is 181 Å². The molecule has 4 N–H and O–H groups in total. The van der Waals surface area contributed by atoms with Crippen LogP contribution in [0.4, 0.5) is 0 Å². The number of carboxylic acid groups (broad SMARTS) is 1. The van der Waals surface area contributed by atoms with E-state index in [0.717, 1.165) is 50.1 Å². The summed E-state index contributed by atoms with van der Waals surface area (Å²) in [5.74, 6) is -2.04. The van der Waals surface area contributed by atoms with Crippen molar-refractivity contribution in [2.24, 2.45) is 10.8 Å². The molecule has 0 saturated carbocycles. The number of carbonyl (C=O) groups is 12. The predicted octanol–water partition coefficient (Wildman–Crippen LogP) is 12.1. The Morgan fingerprint density at radius 2 is 0.991 bits per heavy atom. The van der Waals surface area contributed by atoms with Crippen molar-refractivity contribution in [2.75, 3.05) is 52.7 Å². The van der Waals surface area contributed by atoms with E-state index in [1.54, 1.807) is 194 Å². The number of aliphatic carboxylic acids is 1. The Morgan fingerprint density at radius 3 is 1.31 bits per heavy atom. The fourth-order valence-electron chi connectivity index (χ4n) is 7.40. The van der Waals surface area contributed by atoms with Crippen LogP contribution in [-0.2, 0) is 76.0 Å². The Kier molecular flexibility index (Phi) is 52.0. The first-order chi connectivity index (χ1) is 54.0. The summed E-state index contributed by atoms with van der Waals surface area (Å²) in [5, 5.41) is 16.5. The van der Waals surface area contributed by atoms with Crippen LogP contribution in [0.3, 0.4) is 0 Å². The van der Waals surface area contributed by atoms with Crippen LogP contribution in [0.5, 0.6) is 0 Å². The fraction of sp³-hybridized carbons (Fsp3) is 0.429. The van der Waals surface area contributed by atoms with E-state index in [1.807, 2.05) is 0 Å². The largest absolute Gasteiger partial charge is 0.478 e. The number of hydrogen-bond acceptors (Lipinski definition) is 27. The standard InChI is InChI=1S/C13H12ClN3O2.C13H16N2O3.C10H12N2O2.C8H8N2O2.C8H17O4P.C5H7Cl2NO.C5H6ClNO.C5H9ClO.C5H4N2O.C5H9NO/c1-9(8-11-15-5-3-6-16-11)12(18)17-7-2-4-10(14)13(17)19;1-9(8-10-14-6-5-7-15-10)11(16)18-12(17)13(2,3)4;1-3-14-10(13)8(2)7-9-11-5-4-6-12-9;1-6(8(11)12)5-7-9-3-2-4-10-7;1-5-11-8(9)7(3)13(4,10)12-6-2;6-5(7)2-1-3-8-4(5)9;6-4-2-1-3-7-5(4)8;1-5(2,3)4(6)7;8-4-5-6-2-1-3-7-5;7-5-3-1-2-4-6-5/h3-6,8H,2,7H2,1H3;5-8H,1-4H3;4-7H,3H2,1-2H3;2-5H,1H3,(H,11,12);7H,5-6H2,1-4H3;1-3H2,(H,8,9);2H,1,3H2,(H,7,8);1-3H3;1-4H;1-4H2,(H,6,7)/b2*9-8+;8-7+;6-5+;;;;;;. The maximum absolute atomic E-state index is 12.2. The minimum absolute atomic E-state index is 0.0864. The summed E-state index contributed by atoms with van der Waals surface area (Å²) in [5.41, 5.74) is -0.364. The van der Waals surface area contributed by atoms with E-state index in [9.17, 15) is 62.1 Å². The van der Waals surface area contributed by atoms with Crippen molar-refractivity contribution in [3.63, 3.8) is 0 Å². The van der Waals surface area contributed by atoms with E-state index in [-0.39, 0.29) is 62.3 Å². The number of rotatable bonds is 15. The third kappa shape index (κ3) is 47.4. The molecule has 2 fully saturated rings. The fourth-order valence-corrected chi connectivity index (χ4v) is 9.38. The maximum atomic E-state index is 12.2. The molecule has 2 unspecified atom stereocenters. The van der Waals surface area contributed by atoms with Crippen LogP contribution in [-0.4, -0.2) is 193 Å². The molecule has 626 valence electrons. The average Bonchev–Trinajstić information content (AvgIpc) is 0.831. The molecule has 9 rings (SSSR count). The lowest BCUT2D eigenvalue weighted by Gasteiger charge is -2.23. The van der Waals surface area contributed by atoms with Gasteiger partial charge in [-0.15, -0.1) is 0 Å². The number of ether oxygens (including phenoxy) is 3. The van der Waals surface area contributed by atoms with Gasteiger partial charge < -0.3 is 39.8 Å². The number of piperidine rings is 2. The number of carbonyl (C=O) groups excluding carboxylic acids is 11. The number of imide groups is 1. The summed E-state index contributed by atoms with van der Waals surface area (Å²) in [7, 11) is -2.84. The molecule has 115 heavy (non-hydrogen) atoms. The molecule has 4 aliphatic rings. The Labute approximate surface area is 694 Å². The van der Waals surface area contributed by atoms with Crippen molar-refractivity contribution < 1.29 is 85.9 Å². The molecule has 5 amide bonds. The van der Waals surface area contributed by atoms with E-state index >= 15 is 0 Å². The SMILES string of the molecule is C/C(=C\c1ncccn1)C(=O)N1CCC=C(Cl)C1=O.C/C(=C\c1ncccn1)C(=O)O.C/C(=C\c1ncccn1)C(=O)OC(=O)C(C)(C)C.CC(C)(C)C(=O)Cl.CCOC(=O)/C(C)=C/c1ncccn1.CCOC(=O)C(C)P(C)(=O)OCC.O=C1CCCCN1.O=C1NCCC=C1Cl.O=C1NCCCC1(Cl)Cl.O=Cc1ncccn1. The smallest absolute Gasteiger partial charge is 0.341 e. The monoisotopic (exact) mass is 1710 g/mol. The molecular formula is C77H100Cl5N14O18P. The van der Waals surface area contributed by atoms with Crippen molar-refractivity contribution in [3.05, 3.63) is 166 Å². The van der Waals surface area contributed by atoms with Gasteiger partial charge in [-0.2, -0.15) is 0 Å². The number of alkyl halides is 2. The molecule has 2 saturated heterocycles. The van der Waals surface area contributed by atoms with Crippen molar-refractivity contribution in [2.45, 2.75) is 152 Å². The number of nitrogens with one attached hydrogen (secondary N) is 3. The number of halogens is 5. The highest BCUT2D eigenvalue weighted by Gasteiger charge is 2.36. The molecule has 2 atom stereocenters. The van der Waals surface area contributed by atoms with Gasteiger partial charge in [0.25, 0.3) is 23.6 Å². The van der Waals surface area contributed by atoms with Gasteiger partial charge in [-0.1, -0.05) is 79.3 Å². The summed E-state index contributed by atoms with van der Waals surface area (Å²) in [6, 6.07) is 8.42. The van der Waals surface area contributed by atoms with Crippen LogP contribution in [0.2, 0.25) is 0 Å². The molecule has 32 nitrogen and oxygen atoms in total. The van der Waals surface area contributed by atoms with E-state index in [0.29, 0.717) is 91.5 Å². The van der Waals surface area contributed by atoms with Crippen molar-refractivity contribution >= 4 is 161 Å². The molecule has 9 heterocycles. The quantitative estimate of drug-likeness (QED) is 0.0110. The minimum Gasteiger partial charge on any atom is -0.478 e. The zero-order valence-corrected chi connectivity index (χ0v) is 71.5. The Hall–Kier alpha value is -10.1. The summed E-state index contributed by atoms with van der Waals surface area (Å²) in [4.78, 5) is 171. The predicted molar refractivity (Wildman–Crippen MR) is 437 cm³/mol. The maximum Gasteiger partial charge on any atom is 0.341 e. The second kappa shape index (κ2) is 57.0. The average molecular weight is 1720 g/mol. The molecular weight excluding hydrogens is 1620 g/mol. The van der Waals surface area contributed by atoms with Crippen LogP contribution >= 0.6 is 65.4 Å². The van der Waals surface area contributed by atoms with Crippen molar-refractivity contribution in [1.29, 1.82) is 0 Å². The first-order valence-corrected chi connectivity index (χ1v) is 39.6. The van der Waals surface area contributed by atoms with Gasteiger partial charge in [-0.25, -0.2) is 64.2 Å². The second-order valence-corrected chi connectivity index (χ2v) is 31.3. The Morgan fingerprint density at radius 1 is 0.574 bits per heavy atom. The van der Waals surface area contributed by atoms with Crippen molar-refractivity contribution in [3.8, 4) is 0 Å². The molecule has 38 heteroatoms. The number of nitrogens with zero attached hydrogens (tertiary/aromatic N) is 11. The summed E-state index contributed by atoms with van der Waals surface area (Å²) in [6.45, 7) is 28.6. The Bertz CT molecular complexity index is 4180. The Balaban J connectivity index is 0.00000128. The second-order valence-electron chi connectivity index (χ2n) is 25.8. The van der Waals surface area contributed by atoms with Crippen LogP contribution in [0, 0.1) is 10.8 Å². The number of amides is 5. The zero-order valence-electron chi connectivity index (χ0n) is 66.8. The van der Waals surface area contributed by atoms with Gasteiger partial charge in [0.05, 0.1) is 25.2 Å². The van der Waals surface area contributed by atoms with Crippen LogP contribution in [0.25, 0.3) is 24.3 Å². The number of carboxylic acids is 1. The summed E-state index contributed by atoms with van der Waals surface area (Å²) >= 11 is 27.4. The van der Waals surface area contributed by atoms with E-state index in [1.165, 1.54) is 38.1 Å². The van der Waals surface area contributed by atoms with Gasteiger partial charge in [0.2, 0.25) is 18.5 Å². The van der Waals surface area contributed by atoms with Gasteiger partial charge in [0.1, 0.15) is 15.7 Å². The molecule has 0 radical (unpaired) electrons. The molecule has 0 bridgehead atoms. The van der Waals surface area contributed by atoms with Crippen LogP contribution in [0.15, 0.2) is 137 Å². The normalized spacial score (nSPS) is 15.0.